The van der Waals surface area contributed by atoms with Crippen molar-refractivity contribution in [2.24, 2.45) is 0 Å². The Labute approximate surface area is 180 Å². The molecule has 0 atom stereocenters. The van der Waals surface area contributed by atoms with Crippen molar-refractivity contribution in [3.8, 4) is 0 Å². The maximum atomic E-state index is 12.9. The van der Waals surface area contributed by atoms with Crippen LogP contribution in [0.2, 0.25) is 0 Å². The van der Waals surface area contributed by atoms with Crippen molar-refractivity contribution < 1.29 is 4.79 Å². The summed E-state index contributed by atoms with van der Waals surface area (Å²) >= 11 is 0. The average Bonchev–Trinajstić information content (AvgIpc) is 3.27. The minimum atomic E-state index is -0.219. The van der Waals surface area contributed by atoms with Gasteiger partial charge in [0, 0.05) is 37.7 Å². The summed E-state index contributed by atoms with van der Waals surface area (Å²) in [5.41, 5.74) is 4.04. The SMILES string of the molecule is CCN(CCCNC(=O)Cn1c(=O)c2cccn2c2cccnc21)c1cccc(C)c1. The van der Waals surface area contributed by atoms with E-state index in [2.05, 4.69) is 53.3 Å². The van der Waals surface area contributed by atoms with E-state index in [1.165, 1.54) is 15.8 Å². The van der Waals surface area contributed by atoms with Crippen LogP contribution in [-0.4, -0.2) is 39.5 Å². The van der Waals surface area contributed by atoms with Crippen LogP contribution in [0.25, 0.3) is 16.7 Å². The van der Waals surface area contributed by atoms with E-state index >= 15 is 0 Å². The van der Waals surface area contributed by atoms with Crippen LogP contribution < -0.4 is 15.8 Å². The zero-order valence-corrected chi connectivity index (χ0v) is 17.9. The van der Waals surface area contributed by atoms with Crippen LogP contribution in [-0.2, 0) is 11.3 Å². The molecule has 7 nitrogen and oxygen atoms in total. The van der Waals surface area contributed by atoms with Gasteiger partial charge in [-0.05, 0) is 62.2 Å². The zero-order valence-electron chi connectivity index (χ0n) is 17.9. The van der Waals surface area contributed by atoms with E-state index in [0.29, 0.717) is 17.7 Å². The number of nitrogens with zero attached hydrogens (tertiary/aromatic N) is 4. The Morgan fingerprint density at radius 1 is 1.13 bits per heavy atom. The maximum absolute atomic E-state index is 12.9. The minimum absolute atomic E-state index is 0.0522. The number of fused-ring (bicyclic) bond motifs is 3. The van der Waals surface area contributed by atoms with Gasteiger partial charge in [0.25, 0.3) is 5.56 Å². The van der Waals surface area contributed by atoms with Gasteiger partial charge in [-0.3, -0.25) is 14.2 Å². The first-order valence-electron chi connectivity index (χ1n) is 10.6. The van der Waals surface area contributed by atoms with Gasteiger partial charge in [-0.2, -0.15) is 0 Å². The molecule has 0 radical (unpaired) electrons. The molecule has 1 N–H and O–H groups in total. The molecule has 3 aromatic heterocycles. The molecule has 31 heavy (non-hydrogen) atoms. The van der Waals surface area contributed by atoms with Crippen molar-refractivity contribution in [3.05, 3.63) is 76.8 Å². The Kier molecular flexibility index (Phi) is 6.02. The van der Waals surface area contributed by atoms with Crippen molar-refractivity contribution in [3.63, 3.8) is 0 Å². The van der Waals surface area contributed by atoms with E-state index in [1.54, 1.807) is 12.3 Å². The molecule has 7 heteroatoms. The third-order valence-electron chi connectivity index (χ3n) is 5.47. The summed E-state index contributed by atoms with van der Waals surface area (Å²) in [4.78, 5) is 32.1. The van der Waals surface area contributed by atoms with E-state index in [-0.39, 0.29) is 18.0 Å². The number of aryl methyl sites for hydroxylation is 1. The standard InChI is InChI=1S/C24H27N5O2/c1-3-27(19-9-4-8-18(2)16-19)14-7-13-25-22(30)17-29-23-20(10-5-12-26-23)28-15-6-11-21(28)24(29)31/h4-6,8-12,15-16H,3,7,13-14,17H2,1-2H3,(H,25,30). The van der Waals surface area contributed by atoms with E-state index in [1.807, 2.05) is 28.8 Å². The molecule has 0 aliphatic carbocycles. The number of aromatic nitrogens is 3. The number of carbonyl (C=O) groups excluding carboxylic acids is 1. The smallest absolute Gasteiger partial charge is 0.276 e. The van der Waals surface area contributed by atoms with Gasteiger partial charge in [-0.1, -0.05) is 12.1 Å². The number of pyridine rings is 1. The summed E-state index contributed by atoms with van der Waals surface area (Å²) in [5, 5.41) is 2.95. The van der Waals surface area contributed by atoms with Gasteiger partial charge in [-0.15, -0.1) is 0 Å². The van der Waals surface area contributed by atoms with Gasteiger partial charge in [0.2, 0.25) is 5.91 Å². The molecule has 0 aliphatic heterocycles. The normalized spacial score (nSPS) is 11.2. The number of nitrogens with one attached hydrogen (secondary N) is 1. The fourth-order valence-electron chi connectivity index (χ4n) is 3.92. The van der Waals surface area contributed by atoms with Gasteiger partial charge in [0.1, 0.15) is 12.1 Å². The van der Waals surface area contributed by atoms with Crippen molar-refractivity contribution >= 4 is 28.3 Å². The Hall–Kier alpha value is -3.61. The second kappa shape index (κ2) is 9.04. The Bertz CT molecular complexity index is 1270. The molecule has 0 bridgehead atoms. The second-order valence-corrected chi connectivity index (χ2v) is 7.62. The highest BCUT2D eigenvalue weighted by atomic mass is 16.2. The van der Waals surface area contributed by atoms with Gasteiger partial charge in [-0.25, -0.2) is 4.98 Å². The van der Waals surface area contributed by atoms with Gasteiger partial charge in [0.05, 0.1) is 5.52 Å². The van der Waals surface area contributed by atoms with Crippen LogP contribution in [0.4, 0.5) is 5.69 Å². The Morgan fingerprint density at radius 2 is 1.97 bits per heavy atom. The van der Waals surface area contributed by atoms with E-state index in [9.17, 15) is 9.59 Å². The van der Waals surface area contributed by atoms with Gasteiger partial charge in [0.15, 0.2) is 5.65 Å². The van der Waals surface area contributed by atoms with Crippen molar-refractivity contribution in [1.82, 2.24) is 19.3 Å². The summed E-state index contributed by atoms with van der Waals surface area (Å²) in [7, 11) is 0. The minimum Gasteiger partial charge on any atom is -0.372 e. The van der Waals surface area contributed by atoms with Crippen LogP contribution in [0.1, 0.15) is 18.9 Å². The van der Waals surface area contributed by atoms with Crippen molar-refractivity contribution in [2.45, 2.75) is 26.8 Å². The van der Waals surface area contributed by atoms with Crippen LogP contribution in [0.3, 0.4) is 0 Å². The molecule has 4 rings (SSSR count). The van der Waals surface area contributed by atoms with Crippen LogP contribution in [0.15, 0.2) is 65.7 Å². The topological polar surface area (TPSA) is 71.6 Å². The lowest BCUT2D eigenvalue weighted by atomic mass is 10.2. The second-order valence-electron chi connectivity index (χ2n) is 7.62. The molecular weight excluding hydrogens is 390 g/mol. The fourth-order valence-corrected chi connectivity index (χ4v) is 3.92. The van der Waals surface area contributed by atoms with Crippen LogP contribution in [0.5, 0.6) is 0 Å². The predicted molar refractivity (Wildman–Crippen MR) is 124 cm³/mol. The first-order chi connectivity index (χ1) is 15.1. The van der Waals surface area contributed by atoms with Crippen molar-refractivity contribution in [1.29, 1.82) is 0 Å². The molecule has 3 heterocycles. The summed E-state index contributed by atoms with van der Waals surface area (Å²) < 4.78 is 3.26. The largest absolute Gasteiger partial charge is 0.372 e. The lowest BCUT2D eigenvalue weighted by Crippen LogP contribution is -2.35. The van der Waals surface area contributed by atoms with Crippen LogP contribution >= 0.6 is 0 Å². The molecular formula is C24H27N5O2. The lowest BCUT2D eigenvalue weighted by molar-refractivity contribution is -0.121. The molecule has 0 saturated heterocycles. The highest BCUT2D eigenvalue weighted by Crippen LogP contribution is 2.16. The summed E-state index contributed by atoms with van der Waals surface area (Å²) in [6.45, 7) is 6.47. The summed E-state index contributed by atoms with van der Waals surface area (Å²) in [6, 6.07) is 15.7. The van der Waals surface area contributed by atoms with E-state index in [4.69, 9.17) is 0 Å². The quantitative estimate of drug-likeness (QED) is 0.448. The average molecular weight is 418 g/mol. The van der Waals surface area contributed by atoms with Crippen LogP contribution in [0, 0.1) is 6.92 Å². The molecule has 1 aromatic carbocycles. The number of anilines is 1. The molecule has 4 aromatic rings. The Balaban J connectivity index is 1.41. The molecule has 160 valence electrons. The molecule has 1 amide bonds. The van der Waals surface area contributed by atoms with Gasteiger partial charge >= 0.3 is 0 Å². The summed E-state index contributed by atoms with van der Waals surface area (Å²) in [6.07, 6.45) is 4.29. The lowest BCUT2D eigenvalue weighted by Gasteiger charge is -2.23. The third kappa shape index (κ3) is 4.30. The number of hydrogen-bond donors (Lipinski definition) is 1. The zero-order chi connectivity index (χ0) is 21.8. The number of amides is 1. The first kappa shape index (κ1) is 20.7. The Morgan fingerprint density at radius 3 is 2.77 bits per heavy atom. The molecule has 0 aliphatic rings. The number of carbonyl (C=O) groups is 1. The first-order valence-corrected chi connectivity index (χ1v) is 10.6. The van der Waals surface area contributed by atoms with Gasteiger partial charge < -0.3 is 14.6 Å². The highest BCUT2D eigenvalue weighted by Gasteiger charge is 2.14. The highest BCUT2D eigenvalue weighted by molar-refractivity contribution is 5.80. The fraction of sp³-hybridized carbons (Fsp3) is 0.292. The third-order valence-corrected chi connectivity index (χ3v) is 5.47. The van der Waals surface area contributed by atoms with E-state index in [0.717, 1.165) is 25.0 Å². The molecule has 0 fully saturated rings. The van der Waals surface area contributed by atoms with E-state index < -0.39 is 0 Å². The molecule has 0 spiro atoms. The summed E-state index contributed by atoms with van der Waals surface area (Å²) in [5.74, 6) is -0.191. The molecule has 0 unspecified atom stereocenters. The number of rotatable bonds is 8. The number of hydrogen-bond acceptors (Lipinski definition) is 4. The predicted octanol–water partition coefficient (Wildman–Crippen LogP) is 2.99. The monoisotopic (exact) mass is 417 g/mol. The maximum Gasteiger partial charge on any atom is 0.276 e. The van der Waals surface area contributed by atoms with Crippen molar-refractivity contribution in [2.75, 3.05) is 24.5 Å². The molecule has 0 saturated carbocycles. The number of benzene rings is 1.